The molecule has 5 aromatic rings. The lowest BCUT2D eigenvalue weighted by Gasteiger charge is -2.43. The number of aromatic nitrogens is 8. The van der Waals surface area contributed by atoms with Gasteiger partial charge in [0.25, 0.3) is 11.5 Å². The van der Waals surface area contributed by atoms with Gasteiger partial charge in [-0.2, -0.15) is 4.98 Å². The highest BCUT2D eigenvalue weighted by atomic mass is 32.7. The number of anilines is 2. The fourth-order valence-electron chi connectivity index (χ4n) is 7.70. The Hall–Kier alpha value is -3.64. The number of nitrogens with zero attached hydrogens (tertiary/aromatic N) is 7. The molecular weight excluding hydrogens is 1050 g/mol. The molecule has 4 bridgehead atoms. The second kappa shape index (κ2) is 20.1. The van der Waals surface area contributed by atoms with Crippen molar-refractivity contribution in [2.45, 2.75) is 141 Å². The first kappa shape index (κ1) is 54.6. The topological polar surface area (TPSA) is 279 Å². The molecule has 29 heteroatoms. The third kappa shape index (κ3) is 11.3. The summed E-state index contributed by atoms with van der Waals surface area (Å²) < 4.78 is 70.3. The van der Waals surface area contributed by atoms with Gasteiger partial charge in [0.1, 0.15) is 49.7 Å². The molecule has 4 aromatic heterocycles. The number of fused-ring (bicyclic) bond motifs is 6. The number of nitrogens with one attached hydrogen (secondary N) is 3. The van der Waals surface area contributed by atoms with E-state index in [1.807, 2.05) is 67.7 Å². The molecule has 2 amide bonds. The van der Waals surface area contributed by atoms with E-state index >= 15 is 0 Å². The fourth-order valence-corrected chi connectivity index (χ4v) is 13.1. The molecule has 72 heavy (non-hydrogen) atoms. The molecule has 0 aliphatic carbocycles. The summed E-state index contributed by atoms with van der Waals surface area (Å²) in [5.41, 5.74) is -0.0581. The summed E-state index contributed by atoms with van der Waals surface area (Å²) in [6.45, 7) is 13.2. The van der Waals surface area contributed by atoms with Crippen LogP contribution in [0.5, 0.6) is 0 Å². The van der Waals surface area contributed by atoms with Crippen molar-refractivity contribution < 1.29 is 55.5 Å². The lowest BCUT2D eigenvalue weighted by atomic mass is 10.1. The quantitative estimate of drug-likeness (QED) is 0.0771. The molecule has 0 spiro atoms. The first-order chi connectivity index (χ1) is 33.5. The molecule has 3 aliphatic rings. The molecule has 4 unspecified atom stereocenters. The van der Waals surface area contributed by atoms with E-state index in [-0.39, 0.29) is 39.1 Å². The van der Waals surface area contributed by atoms with E-state index in [1.54, 1.807) is 44.2 Å². The monoisotopic (exact) mass is 1110 g/mol. The van der Waals surface area contributed by atoms with Crippen LogP contribution in [0.3, 0.4) is 0 Å². The minimum absolute atomic E-state index is 0.0373. The first-order valence-corrected chi connectivity index (χ1v) is 34.1. The predicted octanol–water partition coefficient (Wildman–Crippen LogP) is 6.44. The Kier molecular flexibility index (Phi) is 15.3. The molecule has 392 valence electrons. The van der Waals surface area contributed by atoms with Gasteiger partial charge in [-0.15, -0.1) is 0 Å². The summed E-state index contributed by atoms with van der Waals surface area (Å²) >= 11 is 11.4. The highest BCUT2D eigenvalue weighted by Crippen LogP contribution is 2.56. The molecule has 3 N–H and O–H groups in total. The normalized spacial score (nSPS) is 28.9. The Bertz CT molecular complexity index is 3010. The fraction of sp³-hybridized carbons (Fsp3) is 0.581. The lowest BCUT2D eigenvalue weighted by molar-refractivity contribution is -0.218. The maximum absolute atomic E-state index is 14.9. The number of amides is 2. The van der Waals surface area contributed by atoms with Crippen molar-refractivity contribution in [3.05, 3.63) is 65.2 Å². The van der Waals surface area contributed by atoms with Gasteiger partial charge in [0, 0.05) is 11.5 Å². The van der Waals surface area contributed by atoms with Crippen molar-refractivity contribution in [3.8, 4) is 0 Å². The largest absolute Gasteiger partial charge is 0.780 e. The Morgan fingerprint density at radius 2 is 1.38 bits per heavy atom. The maximum Gasteiger partial charge on any atom is 0.280 e. The van der Waals surface area contributed by atoms with Crippen LogP contribution in [0, 0.1) is 5.92 Å². The van der Waals surface area contributed by atoms with E-state index in [9.17, 15) is 23.8 Å². The van der Waals surface area contributed by atoms with Crippen molar-refractivity contribution in [1.82, 2.24) is 39.0 Å². The Balaban J connectivity index is 1.21. The number of carbonyl (C=O) groups is 2. The average Bonchev–Trinajstić information content (AvgIpc) is 4.05. The van der Waals surface area contributed by atoms with E-state index in [4.69, 9.17) is 60.5 Å². The molecule has 1 aromatic carbocycles. The average molecular weight is 1110 g/mol. The summed E-state index contributed by atoms with van der Waals surface area (Å²) in [6.07, 6.45) is -6.03. The van der Waals surface area contributed by atoms with E-state index < -0.39 is 121 Å². The van der Waals surface area contributed by atoms with Gasteiger partial charge in [-0.1, -0.05) is 85.4 Å². The first-order valence-electron chi connectivity index (χ1n) is 23.2. The van der Waals surface area contributed by atoms with Gasteiger partial charge in [0.15, 0.2) is 57.2 Å². The summed E-state index contributed by atoms with van der Waals surface area (Å²) in [6, 6.07) is 8.56. The number of H-pyrrole nitrogens is 1. The van der Waals surface area contributed by atoms with Crippen LogP contribution in [-0.2, 0) is 69.8 Å². The molecule has 0 radical (unpaired) electrons. The van der Waals surface area contributed by atoms with Gasteiger partial charge in [-0.25, -0.2) is 19.9 Å². The third-order valence-corrected chi connectivity index (χ3v) is 25.7. The molecule has 3 aliphatic heterocycles. The van der Waals surface area contributed by atoms with E-state index in [2.05, 4.69) is 40.5 Å². The minimum Gasteiger partial charge on any atom is -0.780 e. The van der Waals surface area contributed by atoms with Crippen molar-refractivity contribution in [3.63, 3.8) is 0 Å². The second-order valence-corrected chi connectivity index (χ2v) is 36.1. The number of benzene rings is 1. The van der Waals surface area contributed by atoms with E-state index in [1.165, 1.54) is 28.1 Å². The Labute approximate surface area is 428 Å². The second-order valence-electron chi connectivity index (χ2n) is 21.2. The number of carbonyl (C=O) groups excluding carboxylic acids is 2. The zero-order valence-electron chi connectivity index (χ0n) is 41.9. The van der Waals surface area contributed by atoms with Crippen molar-refractivity contribution in [1.29, 1.82) is 0 Å². The minimum atomic E-state index is -4.64. The number of aromatic amines is 1. The van der Waals surface area contributed by atoms with Gasteiger partial charge in [0.2, 0.25) is 18.7 Å². The van der Waals surface area contributed by atoms with Crippen molar-refractivity contribution in [2.24, 2.45) is 5.92 Å². The zero-order chi connectivity index (χ0) is 52.5. The maximum atomic E-state index is 14.9. The lowest BCUT2D eigenvalue weighted by Crippen LogP contribution is -2.51. The Morgan fingerprint density at radius 1 is 0.833 bits per heavy atom. The van der Waals surface area contributed by atoms with Crippen LogP contribution in [0.15, 0.2) is 54.1 Å². The van der Waals surface area contributed by atoms with Crippen LogP contribution in [0.25, 0.3) is 22.3 Å². The van der Waals surface area contributed by atoms with Crippen LogP contribution in [0.4, 0.5) is 11.8 Å². The molecule has 7 heterocycles. The van der Waals surface area contributed by atoms with Gasteiger partial charge in [-0.05, 0) is 48.4 Å². The van der Waals surface area contributed by atoms with Gasteiger partial charge in [-0.3, -0.25) is 38.4 Å². The molecule has 23 nitrogen and oxygen atoms in total. The Morgan fingerprint density at radius 3 is 1.94 bits per heavy atom. The van der Waals surface area contributed by atoms with Crippen LogP contribution >= 0.6 is 13.5 Å². The SMILES string of the molecule is CC(C)C(=O)Nc1nc2c(ncn2[C@@H]2O[C@@H]3COP(=O)([S-])O[C@H]4C(O[Si](C)(C)C(C)(C)C)[C@@H](COP([O-])(=S)O[C@H]2C3O[Si](C)(C)C(C)(C)C)O[C@H]4n2cnc3c(NC(=O)c4ccccc4)ncnc32)c(=O)[nH]1. The van der Waals surface area contributed by atoms with E-state index in [0.29, 0.717) is 5.56 Å². The highest BCUT2D eigenvalue weighted by Gasteiger charge is 2.56. The summed E-state index contributed by atoms with van der Waals surface area (Å²) in [5, 5.41) is 4.62. The third-order valence-electron chi connectivity index (χ3n) is 13.7. The zero-order valence-corrected chi connectivity index (χ0v) is 47.3. The molecular formula is C43H60N10O13P2S2Si2-2. The standard InChI is InChI=1S/C43H62N10O13P2S2Si2/c1-23(2)36(54)50-41-49-35-28(38(56)51-41)47-22-53(35)40-32-30(66-72(11,12)43(6,7)8)26(62-40)19-60-67(57,69)63-31-29(65-71(9,10)42(3,4)5)25(18-59-68(58,70)64-32)61-39(31)52-21-46-27-33(44-20-45-34(27)52)48-37(55)24-16-14-13-15-17-24/h13-17,20-23,25-26,29-32,39-40H,18-19H2,1-12H3,(H,57,69)(H,58,70)(H,44,45,48,55)(H2,49,50,51,54,56)/p-2/t25-,26-,29?,30?,31+,32+,39-,40-,67?,68?/m1/s1. The number of hydrogen-bond acceptors (Lipinski definition) is 20. The number of imidazole rings is 2. The molecule has 8 rings (SSSR count). The molecule has 10 atom stereocenters. The van der Waals surface area contributed by atoms with Gasteiger partial charge < -0.3 is 58.9 Å². The van der Waals surface area contributed by atoms with Crippen LogP contribution < -0.4 is 21.1 Å². The summed E-state index contributed by atoms with van der Waals surface area (Å²) in [7, 11) is -5.62. The van der Waals surface area contributed by atoms with Crippen LogP contribution in [-0.4, -0.2) is 117 Å². The molecule has 3 saturated heterocycles. The number of hydrogen-bond donors (Lipinski definition) is 3. The highest BCUT2D eigenvalue weighted by molar-refractivity contribution is 8.32. The molecule has 0 saturated carbocycles. The number of rotatable bonds is 10. The van der Waals surface area contributed by atoms with Crippen LogP contribution in [0.1, 0.15) is 78.2 Å². The van der Waals surface area contributed by atoms with Crippen LogP contribution in [0.2, 0.25) is 36.3 Å². The smallest absolute Gasteiger partial charge is 0.280 e. The van der Waals surface area contributed by atoms with Crippen molar-refractivity contribution in [2.75, 3.05) is 23.8 Å². The predicted molar refractivity (Wildman–Crippen MR) is 274 cm³/mol. The molecule has 3 fully saturated rings. The number of ether oxygens (including phenoxy) is 2. The summed E-state index contributed by atoms with van der Waals surface area (Å²) in [5.74, 6) is -1.35. The van der Waals surface area contributed by atoms with Crippen molar-refractivity contribution >= 4 is 100 Å². The van der Waals surface area contributed by atoms with Gasteiger partial charge >= 0.3 is 0 Å². The van der Waals surface area contributed by atoms with E-state index in [0.717, 1.165) is 0 Å². The summed E-state index contributed by atoms with van der Waals surface area (Å²) in [4.78, 5) is 78.9. The van der Waals surface area contributed by atoms with Gasteiger partial charge in [0.05, 0.1) is 25.9 Å².